The molecule has 0 aromatic carbocycles. The van der Waals surface area contributed by atoms with Gasteiger partial charge in [0.15, 0.2) is 0 Å². The fourth-order valence-corrected chi connectivity index (χ4v) is 2.42. The van der Waals surface area contributed by atoms with E-state index in [4.69, 9.17) is 33.2 Å². The average Bonchev–Trinajstić information content (AvgIpc) is 2.76. The maximum Gasteiger partial charge on any atom is 0.220 e. The van der Waals surface area contributed by atoms with Gasteiger partial charge in [0.2, 0.25) is 5.91 Å². The van der Waals surface area contributed by atoms with Crippen molar-refractivity contribution in [1.29, 1.82) is 0 Å². The molecular weight excluding hydrogens is 452 g/mol. The van der Waals surface area contributed by atoms with Crippen LogP contribution in [0.5, 0.6) is 0 Å². The first-order valence-electron chi connectivity index (χ1n) is 11.7. The minimum atomic E-state index is -0.00756. The minimum Gasteiger partial charge on any atom is -0.377 e. The lowest BCUT2D eigenvalue weighted by atomic mass is 10.4. The summed E-state index contributed by atoms with van der Waals surface area (Å²) in [6, 6.07) is 0. The second-order valence-electron chi connectivity index (χ2n) is 8.12. The van der Waals surface area contributed by atoms with Gasteiger partial charge in [-0.1, -0.05) is 0 Å². The molecule has 0 atom stereocenters. The summed E-state index contributed by atoms with van der Waals surface area (Å²) >= 11 is 4.00. The first kappa shape index (κ1) is 32.5. The van der Waals surface area contributed by atoms with E-state index in [0.717, 1.165) is 17.6 Å². The van der Waals surface area contributed by atoms with Crippen LogP contribution in [0.4, 0.5) is 0 Å². The number of amides is 1. The van der Waals surface area contributed by atoms with Crippen molar-refractivity contribution in [2.45, 2.75) is 6.42 Å². The molecule has 0 saturated heterocycles. The van der Waals surface area contributed by atoms with Crippen molar-refractivity contribution < 1.29 is 42.4 Å². The van der Waals surface area contributed by atoms with E-state index in [1.54, 1.807) is 0 Å². The number of nitrogens with one attached hydrogen (secondary N) is 1. The number of rotatable bonds is 26. The first-order valence-corrected chi connectivity index (χ1v) is 12.3. The van der Waals surface area contributed by atoms with Gasteiger partial charge in [0.25, 0.3) is 0 Å². The Hall–Kier alpha value is -0.500. The van der Waals surface area contributed by atoms with E-state index in [9.17, 15) is 4.79 Å². The van der Waals surface area contributed by atoms with Gasteiger partial charge in [-0.05, 0) is 5.75 Å². The number of ether oxygens (including phenoxy) is 7. The molecule has 0 unspecified atom stereocenters. The second kappa shape index (κ2) is 24.6. The van der Waals surface area contributed by atoms with E-state index in [0.29, 0.717) is 105 Å². The van der Waals surface area contributed by atoms with Crippen molar-refractivity contribution in [2.75, 3.05) is 132 Å². The fourth-order valence-electron chi connectivity index (χ4n) is 2.21. The SMILES string of the molecule is C[N+](C)(C)CCOCCOCCOCCOCCOCCOCCOCCNC(=O)CCS. The number of carbonyl (C=O) groups excluding carboxylic acids is 1. The molecule has 1 amide bonds. The van der Waals surface area contributed by atoms with Crippen LogP contribution in [0.1, 0.15) is 6.42 Å². The Bertz CT molecular complexity index is 428. The summed E-state index contributed by atoms with van der Waals surface area (Å²) < 4.78 is 39.0. The number of carbonyl (C=O) groups is 1. The van der Waals surface area contributed by atoms with Gasteiger partial charge in [-0.15, -0.1) is 0 Å². The zero-order valence-electron chi connectivity index (χ0n) is 20.9. The third-order valence-electron chi connectivity index (χ3n) is 4.05. The summed E-state index contributed by atoms with van der Waals surface area (Å²) in [7, 11) is 6.43. The Morgan fingerprint density at radius 1 is 0.606 bits per heavy atom. The summed E-state index contributed by atoms with van der Waals surface area (Å²) in [5.74, 6) is 0.542. The number of hydrogen-bond donors (Lipinski definition) is 2. The van der Waals surface area contributed by atoms with E-state index in [2.05, 4.69) is 39.1 Å². The predicted octanol–water partition coefficient (Wildman–Crippen LogP) is 0.245. The van der Waals surface area contributed by atoms with Crippen LogP contribution in [0.3, 0.4) is 0 Å². The standard InChI is InChI=1S/C22H46N2O8S/c1-24(2,3)6-8-27-10-12-29-14-16-31-18-20-32-19-17-30-15-13-28-11-9-26-7-5-23-22(25)4-21-33/h4-21H2,1-3H3,(H-,23,25,33)/p+1. The van der Waals surface area contributed by atoms with Crippen molar-refractivity contribution in [1.82, 2.24) is 5.32 Å². The van der Waals surface area contributed by atoms with E-state index < -0.39 is 0 Å². The smallest absolute Gasteiger partial charge is 0.220 e. The number of thiol groups is 1. The monoisotopic (exact) mass is 499 g/mol. The molecule has 0 aliphatic carbocycles. The lowest BCUT2D eigenvalue weighted by molar-refractivity contribution is -0.870. The average molecular weight is 500 g/mol. The quantitative estimate of drug-likeness (QED) is 0.0994. The molecular formula is C22H47N2O8S+. The van der Waals surface area contributed by atoms with Crippen LogP contribution < -0.4 is 5.32 Å². The van der Waals surface area contributed by atoms with Gasteiger partial charge in [-0.2, -0.15) is 12.6 Å². The van der Waals surface area contributed by atoms with Crippen LogP contribution in [-0.2, 0) is 38.0 Å². The van der Waals surface area contributed by atoms with Gasteiger partial charge in [0.1, 0.15) is 6.54 Å². The fraction of sp³-hybridized carbons (Fsp3) is 0.955. The van der Waals surface area contributed by atoms with Crippen molar-refractivity contribution in [3.8, 4) is 0 Å². The molecule has 0 aliphatic heterocycles. The number of nitrogens with zero attached hydrogens (tertiary/aromatic N) is 1. The third-order valence-corrected chi connectivity index (χ3v) is 4.27. The van der Waals surface area contributed by atoms with E-state index in [1.165, 1.54) is 0 Å². The highest BCUT2D eigenvalue weighted by atomic mass is 32.1. The molecule has 0 aromatic heterocycles. The Labute approximate surface area is 205 Å². The van der Waals surface area contributed by atoms with Crippen molar-refractivity contribution in [3.05, 3.63) is 0 Å². The maximum absolute atomic E-state index is 11.2. The topological polar surface area (TPSA) is 93.7 Å². The molecule has 0 bridgehead atoms. The van der Waals surface area contributed by atoms with Crippen LogP contribution in [0, 0.1) is 0 Å². The third kappa shape index (κ3) is 29.5. The predicted molar refractivity (Wildman–Crippen MR) is 130 cm³/mol. The number of quaternary nitrogens is 1. The van der Waals surface area contributed by atoms with Crippen molar-refractivity contribution in [2.24, 2.45) is 0 Å². The van der Waals surface area contributed by atoms with Gasteiger partial charge in [-0.25, -0.2) is 0 Å². The Balaban J connectivity index is 3.07. The number of hydrogen-bond acceptors (Lipinski definition) is 9. The normalized spacial score (nSPS) is 11.8. The molecule has 11 heteroatoms. The molecule has 0 fully saturated rings. The molecule has 0 aromatic rings. The first-order chi connectivity index (χ1) is 16.0. The van der Waals surface area contributed by atoms with Crippen LogP contribution in [0.15, 0.2) is 0 Å². The zero-order valence-corrected chi connectivity index (χ0v) is 21.8. The molecule has 0 rings (SSSR count). The van der Waals surface area contributed by atoms with Crippen molar-refractivity contribution >= 4 is 18.5 Å². The molecule has 0 radical (unpaired) electrons. The highest BCUT2D eigenvalue weighted by molar-refractivity contribution is 7.80. The number of likely N-dealkylation sites (N-methyl/N-ethyl adjacent to an activating group) is 1. The molecule has 10 nitrogen and oxygen atoms in total. The van der Waals surface area contributed by atoms with E-state index in [1.807, 2.05) is 0 Å². The van der Waals surface area contributed by atoms with Gasteiger partial charge in [0, 0.05) is 13.0 Å². The summed E-state index contributed by atoms with van der Waals surface area (Å²) in [6.45, 7) is 9.10. The zero-order chi connectivity index (χ0) is 24.5. The summed E-state index contributed by atoms with van der Waals surface area (Å²) in [4.78, 5) is 11.2. The Kier molecular flexibility index (Phi) is 24.2. The summed E-state index contributed by atoms with van der Waals surface area (Å²) in [6.07, 6.45) is 0.426. The van der Waals surface area contributed by atoms with E-state index in [-0.39, 0.29) is 5.91 Å². The largest absolute Gasteiger partial charge is 0.377 e. The minimum absolute atomic E-state index is 0.00756. The highest BCUT2D eigenvalue weighted by Crippen LogP contribution is 1.90. The Morgan fingerprint density at radius 2 is 0.939 bits per heavy atom. The van der Waals surface area contributed by atoms with Crippen LogP contribution in [-0.4, -0.2) is 143 Å². The van der Waals surface area contributed by atoms with Gasteiger partial charge in [-0.3, -0.25) is 4.79 Å². The van der Waals surface area contributed by atoms with Crippen LogP contribution in [0.25, 0.3) is 0 Å². The van der Waals surface area contributed by atoms with Crippen LogP contribution >= 0.6 is 12.6 Å². The highest BCUT2D eigenvalue weighted by Gasteiger charge is 2.05. The van der Waals surface area contributed by atoms with Crippen molar-refractivity contribution in [3.63, 3.8) is 0 Å². The van der Waals surface area contributed by atoms with E-state index >= 15 is 0 Å². The lowest BCUT2D eigenvalue weighted by Crippen LogP contribution is -2.37. The molecule has 0 heterocycles. The molecule has 33 heavy (non-hydrogen) atoms. The molecule has 198 valence electrons. The van der Waals surface area contributed by atoms with Crippen LogP contribution in [0.2, 0.25) is 0 Å². The second-order valence-corrected chi connectivity index (χ2v) is 8.57. The molecule has 0 spiro atoms. The lowest BCUT2D eigenvalue weighted by Gasteiger charge is -2.23. The van der Waals surface area contributed by atoms with Gasteiger partial charge < -0.3 is 43.0 Å². The molecule has 1 N–H and O–H groups in total. The summed E-state index contributed by atoms with van der Waals surface area (Å²) in [5, 5.41) is 2.75. The van der Waals surface area contributed by atoms with Gasteiger partial charge in [0.05, 0.1) is 114 Å². The Morgan fingerprint density at radius 3 is 1.27 bits per heavy atom. The van der Waals surface area contributed by atoms with Gasteiger partial charge >= 0.3 is 0 Å². The molecule has 0 saturated carbocycles. The summed E-state index contributed by atoms with van der Waals surface area (Å²) in [5.41, 5.74) is 0. The molecule has 0 aliphatic rings. The maximum atomic E-state index is 11.2.